The van der Waals surface area contributed by atoms with Crippen molar-refractivity contribution in [3.05, 3.63) is 77.9 Å². The molecule has 10 heteroatoms. The van der Waals surface area contributed by atoms with Gasteiger partial charge in [-0.25, -0.2) is 4.68 Å². The Morgan fingerprint density at radius 1 is 1.09 bits per heavy atom. The number of hydrogen-bond acceptors (Lipinski definition) is 8. The molecular weight excluding hydrogens is 436 g/mol. The quantitative estimate of drug-likeness (QED) is 0.395. The maximum Gasteiger partial charge on any atom is 0.222 e. The zero-order valence-corrected chi connectivity index (χ0v) is 19.1. The predicted octanol–water partition coefficient (Wildman–Crippen LogP) is 0.501. The molecule has 1 amide bonds. The van der Waals surface area contributed by atoms with E-state index in [1.54, 1.807) is 29.3 Å². The number of ether oxygens (including phenoxy) is 1. The number of nitrogens with one attached hydrogen (secondary N) is 1. The largest absolute Gasteiger partial charge is 0.388 e. The van der Waals surface area contributed by atoms with Crippen molar-refractivity contribution in [3.8, 4) is 0 Å². The average molecular weight is 467 g/mol. The number of amides is 1. The van der Waals surface area contributed by atoms with Crippen LogP contribution in [0.15, 0.2) is 61.1 Å². The summed E-state index contributed by atoms with van der Waals surface area (Å²) in [6.07, 6.45) is 1.32. The molecule has 10 nitrogen and oxygen atoms in total. The number of aromatic nitrogens is 4. The Hall–Kier alpha value is -3.18. The van der Waals surface area contributed by atoms with Gasteiger partial charge >= 0.3 is 0 Å². The highest BCUT2D eigenvalue weighted by atomic mass is 16.5. The molecule has 0 radical (unpaired) electrons. The molecule has 1 aliphatic heterocycles. The van der Waals surface area contributed by atoms with Crippen molar-refractivity contribution in [2.75, 3.05) is 7.05 Å². The smallest absolute Gasteiger partial charge is 0.222 e. The highest BCUT2D eigenvalue weighted by molar-refractivity contribution is 5.76. The number of pyridine rings is 1. The van der Waals surface area contributed by atoms with Crippen LogP contribution < -0.4 is 5.32 Å². The fourth-order valence-electron chi connectivity index (χ4n) is 4.02. The summed E-state index contributed by atoms with van der Waals surface area (Å²) in [5, 5.41) is 31.9. The topological polar surface area (TPSA) is 126 Å². The maximum absolute atomic E-state index is 12.3. The average Bonchev–Trinajstić information content (AvgIpc) is 3.38. The van der Waals surface area contributed by atoms with Crippen LogP contribution in [0.5, 0.6) is 0 Å². The van der Waals surface area contributed by atoms with Crippen molar-refractivity contribution in [1.82, 2.24) is 30.2 Å². The van der Waals surface area contributed by atoms with Crippen molar-refractivity contribution < 1.29 is 19.7 Å². The van der Waals surface area contributed by atoms with E-state index in [0.717, 1.165) is 17.8 Å². The standard InChI is InChI=1S/C24H30N6O4/c1-29(13-17-6-3-2-4-7-17)14-19-15-30(28-27-19)16-21-24(33)23(32)20(34-21)10-22(31)26-12-18-8-5-9-25-11-18/h2-9,11,15,20-21,23-24,32-33H,10,12-14,16H2,1H3,(H,26,31)/t20-,21-,23-,24+/m0/s1. The van der Waals surface area contributed by atoms with Gasteiger partial charge < -0.3 is 20.3 Å². The zero-order valence-electron chi connectivity index (χ0n) is 19.1. The number of aliphatic hydroxyl groups is 2. The van der Waals surface area contributed by atoms with E-state index < -0.39 is 24.4 Å². The Morgan fingerprint density at radius 3 is 2.62 bits per heavy atom. The molecule has 4 rings (SSSR count). The molecule has 0 spiro atoms. The first-order valence-electron chi connectivity index (χ1n) is 11.3. The Kier molecular flexibility index (Phi) is 7.96. The third kappa shape index (κ3) is 6.45. The molecule has 3 heterocycles. The monoisotopic (exact) mass is 466 g/mol. The lowest BCUT2D eigenvalue weighted by Gasteiger charge is -2.15. The van der Waals surface area contributed by atoms with E-state index >= 15 is 0 Å². The molecule has 2 aromatic heterocycles. The summed E-state index contributed by atoms with van der Waals surface area (Å²) in [5.74, 6) is -0.273. The minimum atomic E-state index is -1.16. The van der Waals surface area contributed by atoms with E-state index in [2.05, 4.69) is 37.6 Å². The van der Waals surface area contributed by atoms with Gasteiger partial charge in [0.25, 0.3) is 0 Å². The molecule has 0 aliphatic carbocycles. The van der Waals surface area contributed by atoms with Crippen molar-refractivity contribution >= 4 is 5.91 Å². The minimum Gasteiger partial charge on any atom is -0.388 e. The number of aliphatic hydroxyl groups excluding tert-OH is 2. The maximum atomic E-state index is 12.3. The Bertz CT molecular complexity index is 1050. The number of carbonyl (C=O) groups is 1. The molecule has 4 atom stereocenters. The first-order chi connectivity index (χ1) is 16.5. The Labute approximate surface area is 198 Å². The summed E-state index contributed by atoms with van der Waals surface area (Å²) in [6.45, 7) is 1.96. The summed E-state index contributed by atoms with van der Waals surface area (Å²) < 4.78 is 7.40. The molecule has 0 unspecified atom stereocenters. The second-order valence-corrected chi connectivity index (χ2v) is 8.63. The highest BCUT2D eigenvalue weighted by Crippen LogP contribution is 2.25. The second kappa shape index (κ2) is 11.3. The van der Waals surface area contributed by atoms with Crippen LogP contribution in [0.1, 0.15) is 23.2 Å². The molecule has 0 saturated carbocycles. The van der Waals surface area contributed by atoms with E-state index in [-0.39, 0.29) is 18.9 Å². The minimum absolute atomic E-state index is 0.0537. The second-order valence-electron chi connectivity index (χ2n) is 8.63. The Balaban J connectivity index is 1.25. The van der Waals surface area contributed by atoms with Gasteiger partial charge in [0, 0.05) is 38.2 Å². The van der Waals surface area contributed by atoms with Gasteiger partial charge in [0.05, 0.1) is 24.8 Å². The fraction of sp³-hybridized carbons (Fsp3) is 0.417. The third-order valence-electron chi connectivity index (χ3n) is 5.74. The van der Waals surface area contributed by atoms with Gasteiger partial charge in [-0.3, -0.25) is 14.7 Å². The van der Waals surface area contributed by atoms with Crippen LogP contribution in [-0.2, 0) is 35.7 Å². The molecule has 0 bridgehead atoms. The van der Waals surface area contributed by atoms with Crippen molar-refractivity contribution in [2.24, 2.45) is 0 Å². The molecule has 1 fully saturated rings. The lowest BCUT2D eigenvalue weighted by Crippen LogP contribution is -2.36. The summed E-state index contributed by atoms with van der Waals surface area (Å²) in [5.41, 5.74) is 2.88. The lowest BCUT2D eigenvalue weighted by molar-refractivity contribution is -0.125. The molecule has 1 saturated heterocycles. The molecule has 34 heavy (non-hydrogen) atoms. The molecule has 1 aromatic carbocycles. The summed E-state index contributed by atoms with van der Waals surface area (Å²) in [6, 6.07) is 13.8. The number of rotatable bonds is 10. The van der Waals surface area contributed by atoms with E-state index in [0.29, 0.717) is 13.1 Å². The third-order valence-corrected chi connectivity index (χ3v) is 5.74. The Morgan fingerprint density at radius 2 is 1.85 bits per heavy atom. The van der Waals surface area contributed by atoms with Gasteiger partial charge in [0.15, 0.2) is 0 Å². The number of carbonyl (C=O) groups excluding carboxylic acids is 1. The van der Waals surface area contributed by atoms with Gasteiger partial charge in [-0.15, -0.1) is 5.10 Å². The summed E-state index contributed by atoms with van der Waals surface area (Å²) in [4.78, 5) is 18.4. The lowest BCUT2D eigenvalue weighted by atomic mass is 10.1. The molecule has 1 aliphatic rings. The zero-order chi connectivity index (χ0) is 23.9. The van der Waals surface area contributed by atoms with Gasteiger partial charge in [-0.05, 0) is 24.2 Å². The van der Waals surface area contributed by atoms with Crippen molar-refractivity contribution in [1.29, 1.82) is 0 Å². The fourth-order valence-corrected chi connectivity index (χ4v) is 4.02. The summed E-state index contributed by atoms with van der Waals surface area (Å²) in [7, 11) is 2.01. The van der Waals surface area contributed by atoms with Crippen LogP contribution in [0.25, 0.3) is 0 Å². The summed E-state index contributed by atoms with van der Waals surface area (Å²) >= 11 is 0. The molecule has 3 aromatic rings. The van der Waals surface area contributed by atoms with Crippen LogP contribution >= 0.6 is 0 Å². The van der Waals surface area contributed by atoms with Gasteiger partial charge in [-0.2, -0.15) is 0 Å². The first kappa shape index (κ1) is 24.0. The number of nitrogens with zero attached hydrogens (tertiary/aromatic N) is 5. The van der Waals surface area contributed by atoms with Crippen LogP contribution in [0.3, 0.4) is 0 Å². The van der Waals surface area contributed by atoms with E-state index in [4.69, 9.17) is 4.74 Å². The number of hydrogen-bond donors (Lipinski definition) is 3. The van der Waals surface area contributed by atoms with E-state index in [1.807, 2.05) is 31.3 Å². The molecule has 180 valence electrons. The van der Waals surface area contributed by atoms with Crippen molar-refractivity contribution in [2.45, 2.75) is 57.0 Å². The van der Waals surface area contributed by atoms with Crippen LogP contribution in [0.4, 0.5) is 0 Å². The highest BCUT2D eigenvalue weighted by Gasteiger charge is 2.43. The van der Waals surface area contributed by atoms with Gasteiger partial charge in [-0.1, -0.05) is 41.6 Å². The van der Waals surface area contributed by atoms with E-state index in [1.165, 1.54) is 5.56 Å². The number of benzene rings is 1. The molecule has 3 N–H and O–H groups in total. The van der Waals surface area contributed by atoms with Crippen LogP contribution in [0, 0.1) is 0 Å². The van der Waals surface area contributed by atoms with Crippen LogP contribution in [-0.4, -0.2) is 72.5 Å². The van der Waals surface area contributed by atoms with Crippen LogP contribution in [0.2, 0.25) is 0 Å². The SMILES string of the molecule is CN(Cc1ccccc1)Cc1cn(C[C@@H]2O[C@@H](CC(=O)NCc3cccnc3)[C@H](O)[C@@H]2O)nn1. The molecular formula is C24H30N6O4. The van der Waals surface area contributed by atoms with Gasteiger partial charge in [0.1, 0.15) is 18.3 Å². The van der Waals surface area contributed by atoms with Gasteiger partial charge in [0.2, 0.25) is 5.91 Å². The predicted molar refractivity (Wildman–Crippen MR) is 123 cm³/mol. The van der Waals surface area contributed by atoms with E-state index in [9.17, 15) is 15.0 Å². The first-order valence-corrected chi connectivity index (χ1v) is 11.3. The van der Waals surface area contributed by atoms with Crippen molar-refractivity contribution in [3.63, 3.8) is 0 Å². The normalized spacial score (nSPS) is 22.2.